The van der Waals surface area contributed by atoms with Crippen LogP contribution in [-0.4, -0.2) is 27.7 Å². The predicted molar refractivity (Wildman–Crippen MR) is 83.8 cm³/mol. The molecule has 2 bridgehead atoms. The molecule has 19 heavy (non-hydrogen) atoms. The molecule has 0 spiro atoms. The highest BCUT2D eigenvalue weighted by molar-refractivity contribution is 9.10. The summed E-state index contributed by atoms with van der Waals surface area (Å²) in [5, 5.41) is 0. The van der Waals surface area contributed by atoms with Gasteiger partial charge in [0, 0.05) is 26.9 Å². The zero-order chi connectivity index (χ0) is 13.6. The second kappa shape index (κ2) is 5.21. The molecule has 2 aliphatic heterocycles. The van der Waals surface area contributed by atoms with Crippen molar-refractivity contribution in [2.24, 2.45) is 0 Å². The zero-order valence-electron chi connectivity index (χ0n) is 10.9. The normalized spacial score (nSPS) is 29.6. The summed E-state index contributed by atoms with van der Waals surface area (Å²) in [5.41, 5.74) is 1.97. The summed E-state index contributed by atoms with van der Waals surface area (Å²) in [6.45, 7) is 2.04. The molecule has 2 heterocycles. The molecule has 0 saturated carbocycles. The lowest BCUT2D eigenvalue weighted by Crippen LogP contribution is -2.46. The molecule has 3 rings (SSSR count). The number of benzene rings is 1. The molecule has 2 saturated heterocycles. The van der Waals surface area contributed by atoms with Gasteiger partial charge >= 0.3 is 0 Å². The van der Waals surface area contributed by atoms with Gasteiger partial charge in [-0.25, -0.2) is 0 Å². The van der Waals surface area contributed by atoms with E-state index >= 15 is 0 Å². The molecule has 2 nitrogen and oxygen atoms in total. The Kier molecular flexibility index (Phi) is 3.73. The smallest absolute Gasteiger partial charge is 0.254 e. The van der Waals surface area contributed by atoms with Gasteiger partial charge in [0.1, 0.15) is 0 Å². The van der Waals surface area contributed by atoms with Crippen molar-refractivity contribution in [3.8, 4) is 0 Å². The molecule has 0 aliphatic carbocycles. The van der Waals surface area contributed by atoms with Crippen LogP contribution in [0.15, 0.2) is 22.7 Å². The maximum atomic E-state index is 12.7. The lowest BCUT2D eigenvalue weighted by Gasteiger charge is -2.37. The fourth-order valence-corrected chi connectivity index (χ4v) is 4.56. The molecular weight excluding hydrogens is 370 g/mol. The van der Waals surface area contributed by atoms with Gasteiger partial charge in [0.15, 0.2) is 0 Å². The van der Waals surface area contributed by atoms with Crippen molar-refractivity contribution < 1.29 is 4.79 Å². The topological polar surface area (TPSA) is 20.3 Å². The van der Waals surface area contributed by atoms with Crippen molar-refractivity contribution >= 4 is 37.8 Å². The van der Waals surface area contributed by atoms with Crippen LogP contribution in [0.4, 0.5) is 0 Å². The maximum Gasteiger partial charge on any atom is 0.254 e. The Morgan fingerprint density at radius 2 is 1.89 bits per heavy atom. The fraction of sp³-hybridized carbons (Fsp3) is 0.533. The van der Waals surface area contributed by atoms with Gasteiger partial charge in [0.2, 0.25) is 0 Å². The zero-order valence-corrected chi connectivity index (χ0v) is 14.1. The number of alkyl halides is 1. The highest BCUT2D eigenvalue weighted by Gasteiger charge is 2.42. The molecule has 2 atom stereocenters. The highest BCUT2D eigenvalue weighted by Crippen LogP contribution is 2.39. The molecule has 2 aliphatic rings. The van der Waals surface area contributed by atoms with E-state index in [4.69, 9.17) is 0 Å². The second-order valence-electron chi connectivity index (χ2n) is 5.63. The van der Waals surface area contributed by atoms with Crippen LogP contribution in [0, 0.1) is 6.92 Å². The average Bonchev–Trinajstić information content (AvgIpc) is 2.64. The lowest BCUT2D eigenvalue weighted by molar-refractivity contribution is 0.0603. The Morgan fingerprint density at radius 1 is 1.26 bits per heavy atom. The quantitative estimate of drug-likeness (QED) is 0.659. The molecule has 0 radical (unpaired) electrons. The monoisotopic (exact) mass is 385 g/mol. The number of fused-ring (bicyclic) bond motifs is 2. The van der Waals surface area contributed by atoms with E-state index in [-0.39, 0.29) is 5.91 Å². The van der Waals surface area contributed by atoms with Crippen molar-refractivity contribution in [3.05, 3.63) is 33.8 Å². The summed E-state index contributed by atoms with van der Waals surface area (Å²) in [5.74, 6) is 0.201. The molecule has 0 aromatic heterocycles. The van der Waals surface area contributed by atoms with Gasteiger partial charge in [0.25, 0.3) is 5.91 Å². The minimum atomic E-state index is 0.201. The van der Waals surface area contributed by atoms with E-state index in [1.807, 2.05) is 25.1 Å². The van der Waals surface area contributed by atoms with Gasteiger partial charge in [-0.15, -0.1) is 0 Å². The third-order valence-electron chi connectivity index (χ3n) is 4.33. The Labute approximate surface area is 130 Å². The number of piperidine rings is 1. The van der Waals surface area contributed by atoms with Crippen molar-refractivity contribution in [3.63, 3.8) is 0 Å². The van der Waals surface area contributed by atoms with E-state index in [1.165, 1.54) is 5.56 Å². The number of hydrogen-bond acceptors (Lipinski definition) is 1. The van der Waals surface area contributed by atoms with Crippen LogP contribution in [0.25, 0.3) is 0 Å². The number of amides is 1. The number of carbonyl (C=O) groups excluding carboxylic acids is 1. The van der Waals surface area contributed by atoms with E-state index in [0.29, 0.717) is 16.9 Å². The number of halogens is 2. The minimum absolute atomic E-state index is 0.201. The third kappa shape index (κ3) is 2.49. The van der Waals surface area contributed by atoms with Crippen LogP contribution in [-0.2, 0) is 0 Å². The van der Waals surface area contributed by atoms with Crippen LogP contribution in [0.5, 0.6) is 0 Å². The summed E-state index contributed by atoms with van der Waals surface area (Å²) in [7, 11) is 0. The molecular formula is C15H17Br2NO. The Balaban J connectivity index is 1.86. The summed E-state index contributed by atoms with van der Waals surface area (Å²) in [6, 6.07) is 6.77. The molecule has 2 fully saturated rings. The molecule has 0 N–H and O–H groups in total. The van der Waals surface area contributed by atoms with E-state index in [0.717, 1.165) is 35.7 Å². The van der Waals surface area contributed by atoms with Crippen LogP contribution >= 0.6 is 31.9 Å². The Morgan fingerprint density at radius 3 is 2.47 bits per heavy atom. The van der Waals surface area contributed by atoms with Crippen LogP contribution < -0.4 is 0 Å². The van der Waals surface area contributed by atoms with Gasteiger partial charge in [-0.3, -0.25) is 4.79 Å². The van der Waals surface area contributed by atoms with E-state index in [2.05, 4.69) is 36.8 Å². The summed E-state index contributed by atoms with van der Waals surface area (Å²) in [6.07, 6.45) is 4.50. The third-order valence-corrected chi connectivity index (χ3v) is 5.93. The first-order chi connectivity index (χ1) is 9.06. The Bertz CT molecular complexity index is 503. The summed E-state index contributed by atoms with van der Waals surface area (Å²) >= 11 is 7.23. The summed E-state index contributed by atoms with van der Waals surface area (Å²) in [4.78, 5) is 15.4. The first-order valence-corrected chi connectivity index (χ1v) is 8.50. The van der Waals surface area contributed by atoms with Gasteiger partial charge in [-0.2, -0.15) is 0 Å². The molecule has 1 aromatic rings. The number of rotatable bonds is 1. The van der Waals surface area contributed by atoms with Gasteiger partial charge in [-0.05, 0) is 50.3 Å². The van der Waals surface area contributed by atoms with Crippen molar-refractivity contribution in [1.82, 2.24) is 4.90 Å². The van der Waals surface area contributed by atoms with E-state index in [1.54, 1.807) is 0 Å². The summed E-state index contributed by atoms with van der Waals surface area (Å²) < 4.78 is 1.01. The van der Waals surface area contributed by atoms with Gasteiger partial charge in [-0.1, -0.05) is 37.9 Å². The number of carbonyl (C=O) groups is 1. The number of nitrogens with zero attached hydrogens (tertiary/aromatic N) is 1. The van der Waals surface area contributed by atoms with Crippen LogP contribution in [0.2, 0.25) is 0 Å². The molecule has 102 valence electrons. The van der Waals surface area contributed by atoms with E-state index in [9.17, 15) is 4.79 Å². The van der Waals surface area contributed by atoms with Gasteiger partial charge < -0.3 is 4.90 Å². The molecule has 1 aromatic carbocycles. The highest BCUT2D eigenvalue weighted by atomic mass is 79.9. The minimum Gasteiger partial charge on any atom is -0.333 e. The van der Waals surface area contributed by atoms with E-state index < -0.39 is 0 Å². The van der Waals surface area contributed by atoms with Crippen molar-refractivity contribution in [1.29, 1.82) is 0 Å². The number of aryl methyl sites for hydroxylation is 1. The first-order valence-electron chi connectivity index (χ1n) is 6.79. The molecule has 1 amide bonds. The molecule has 2 unspecified atom stereocenters. The van der Waals surface area contributed by atoms with Gasteiger partial charge in [0.05, 0.1) is 0 Å². The maximum absolute atomic E-state index is 12.7. The largest absolute Gasteiger partial charge is 0.333 e. The van der Waals surface area contributed by atoms with Crippen LogP contribution in [0.3, 0.4) is 0 Å². The first kappa shape index (κ1) is 13.6. The lowest BCUT2D eigenvalue weighted by atomic mass is 10.0. The number of hydrogen-bond donors (Lipinski definition) is 0. The molecule has 4 heteroatoms. The predicted octanol–water partition coefficient (Wildman–Crippen LogP) is 4.29. The SMILES string of the molecule is Cc1ccc(C(=O)N2C3CCC2CC(Br)C3)cc1Br. The van der Waals surface area contributed by atoms with Crippen LogP contribution in [0.1, 0.15) is 41.6 Å². The van der Waals surface area contributed by atoms with Crippen molar-refractivity contribution in [2.45, 2.75) is 49.5 Å². The standard InChI is InChI=1S/C15H17Br2NO/c1-9-2-3-10(6-14(9)17)15(19)18-12-4-5-13(18)8-11(16)7-12/h2-3,6,11-13H,4-5,7-8H2,1H3. The second-order valence-corrected chi connectivity index (χ2v) is 7.78. The Hall–Kier alpha value is -0.350. The van der Waals surface area contributed by atoms with Crippen molar-refractivity contribution in [2.75, 3.05) is 0 Å². The average molecular weight is 387 g/mol. The fourth-order valence-electron chi connectivity index (χ4n) is 3.32.